The van der Waals surface area contributed by atoms with E-state index in [9.17, 15) is 0 Å². The van der Waals surface area contributed by atoms with E-state index in [0.717, 1.165) is 16.8 Å². The van der Waals surface area contributed by atoms with Crippen LogP contribution in [0.5, 0.6) is 5.75 Å². The van der Waals surface area contributed by atoms with Crippen LogP contribution in [0.25, 0.3) is 0 Å². The standard InChI is InChI=1S/C13H11B3O4/c1-2-5-11(6-3-1)10-17-13-8-4-7-12(9-13)16-19-14-18-15-20-16/h1-9H,10H2. The van der Waals surface area contributed by atoms with Crippen molar-refractivity contribution in [1.82, 2.24) is 0 Å². The summed E-state index contributed by atoms with van der Waals surface area (Å²) in [7, 11) is 1.99. The third kappa shape index (κ3) is 3.45. The van der Waals surface area contributed by atoms with Crippen molar-refractivity contribution in [3.63, 3.8) is 0 Å². The molecule has 1 fully saturated rings. The lowest BCUT2D eigenvalue weighted by Gasteiger charge is -2.19. The molecule has 0 unspecified atom stereocenters. The topological polar surface area (TPSA) is 36.9 Å². The molecule has 0 amide bonds. The molecule has 20 heavy (non-hydrogen) atoms. The van der Waals surface area contributed by atoms with Gasteiger partial charge >= 0.3 is 22.5 Å². The Morgan fingerprint density at radius 1 is 0.950 bits per heavy atom. The van der Waals surface area contributed by atoms with Gasteiger partial charge in [-0.2, -0.15) is 0 Å². The van der Waals surface area contributed by atoms with Gasteiger partial charge in [-0.25, -0.2) is 0 Å². The maximum atomic E-state index is 5.76. The molecule has 0 bridgehead atoms. The van der Waals surface area contributed by atoms with E-state index in [1.807, 2.05) is 54.6 Å². The second-order valence-corrected chi connectivity index (χ2v) is 4.28. The van der Waals surface area contributed by atoms with Gasteiger partial charge in [0.1, 0.15) is 12.4 Å². The van der Waals surface area contributed by atoms with Crippen molar-refractivity contribution in [3.05, 3.63) is 60.2 Å². The highest BCUT2D eigenvalue weighted by molar-refractivity contribution is 6.71. The van der Waals surface area contributed by atoms with Crippen LogP contribution < -0.4 is 10.2 Å². The van der Waals surface area contributed by atoms with Crippen LogP contribution >= 0.6 is 0 Å². The first-order chi connectivity index (χ1) is 9.92. The van der Waals surface area contributed by atoms with Gasteiger partial charge in [-0.05, 0) is 23.2 Å². The van der Waals surface area contributed by atoms with Gasteiger partial charge in [0, 0.05) is 0 Å². The second kappa shape index (κ2) is 6.66. The number of hydrogen-bond donors (Lipinski definition) is 0. The molecule has 1 heterocycles. The first-order valence-corrected chi connectivity index (χ1v) is 6.28. The van der Waals surface area contributed by atoms with Crippen molar-refractivity contribution in [2.24, 2.45) is 0 Å². The minimum atomic E-state index is -0.496. The number of ether oxygens (including phenoxy) is 1. The summed E-state index contributed by atoms with van der Waals surface area (Å²) in [5.74, 6) is 0.769. The van der Waals surface area contributed by atoms with Gasteiger partial charge in [-0.1, -0.05) is 42.5 Å². The fraction of sp³-hybridized carbons (Fsp3) is 0.0769. The third-order valence-electron chi connectivity index (χ3n) is 2.85. The van der Waals surface area contributed by atoms with Gasteiger partial charge in [0.15, 0.2) is 0 Å². The minimum absolute atomic E-state index is 0.496. The molecular weight excluding hydrogens is 253 g/mol. The van der Waals surface area contributed by atoms with E-state index in [0.29, 0.717) is 6.61 Å². The predicted octanol–water partition coefficient (Wildman–Crippen LogP) is 1.09. The van der Waals surface area contributed by atoms with Crippen molar-refractivity contribution in [2.45, 2.75) is 6.61 Å². The average molecular weight is 264 g/mol. The molecule has 0 saturated carbocycles. The molecule has 1 saturated heterocycles. The monoisotopic (exact) mass is 264 g/mol. The van der Waals surface area contributed by atoms with Crippen LogP contribution in [0.4, 0.5) is 0 Å². The van der Waals surface area contributed by atoms with Gasteiger partial charge in [-0.15, -0.1) is 0 Å². The van der Waals surface area contributed by atoms with Gasteiger partial charge in [0.2, 0.25) is 0 Å². The molecule has 1 aliphatic heterocycles. The van der Waals surface area contributed by atoms with Crippen molar-refractivity contribution in [3.8, 4) is 5.75 Å². The Bertz CT molecular complexity index is 546. The molecule has 1 aliphatic rings. The highest BCUT2D eigenvalue weighted by Crippen LogP contribution is 2.12. The van der Waals surface area contributed by atoms with Gasteiger partial charge in [0.05, 0.1) is 0 Å². The SMILES string of the molecule is [B]1O[B]OB(c2cccc(OCc3ccccc3)c2)O1. The molecule has 0 spiro atoms. The zero-order valence-electron chi connectivity index (χ0n) is 10.8. The molecule has 96 valence electrons. The molecule has 0 N–H and O–H groups in total. The first-order valence-electron chi connectivity index (χ1n) is 6.28. The molecular formula is C13H11B3O4. The Morgan fingerprint density at radius 3 is 2.55 bits per heavy atom. The average Bonchev–Trinajstić information content (AvgIpc) is 2.55. The van der Waals surface area contributed by atoms with Crippen molar-refractivity contribution >= 4 is 28.0 Å². The van der Waals surface area contributed by atoms with Crippen LogP contribution in [-0.4, -0.2) is 22.5 Å². The Balaban J connectivity index is 1.65. The molecule has 0 aromatic heterocycles. The summed E-state index contributed by atoms with van der Waals surface area (Å²) in [6, 6.07) is 17.6. The summed E-state index contributed by atoms with van der Waals surface area (Å²) in [5, 5.41) is 0. The summed E-state index contributed by atoms with van der Waals surface area (Å²) < 4.78 is 20.9. The second-order valence-electron chi connectivity index (χ2n) is 4.28. The minimum Gasteiger partial charge on any atom is -0.489 e. The number of benzene rings is 2. The van der Waals surface area contributed by atoms with E-state index in [2.05, 4.69) is 0 Å². The van der Waals surface area contributed by atoms with Gasteiger partial charge < -0.3 is 18.5 Å². The van der Waals surface area contributed by atoms with Crippen LogP contribution in [0.3, 0.4) is 0 Å². The Morgan fingerprint density at radius 2 is 1.75 bits per heavy atom. The van der Waals surface area contributed by atoms with Crippen LogP contribution in [0, 0.1) is 0 Å². The van der Waals surface area contributed by atoms with E-state index in [-0.39, 0.29) is 0 Å². The van der Waals surface area contributed by atoms with Crippen LogP contribution in [-0.2, 0) is 20.3 Å². The third-order valence-corrected chi connectivity index (χ3v) is 2.85. The van der Waals surface area contributed by atoms with Crippen LogP contribution in [0.2, 0.25) is 0 Å². The van der Waals surface area contributed by atoms with E-state index in [1.54, 1.807) is 0 Å². The maximum Gasteiger partial charge on any atom is 0.466 e. The van der Waals surface area contributed by atoms with E-state index >= 15 is 0 Å². The largest absolute Gasteiger partial charge is 0.489 e. The summed E-state index contributed by atoms with van der Waals surface area (Å²) >= 11 is 0. The first kappa shape index (κ1) is 13.3. The van der Waals surface area contributed by atoms with Crippen molar-refractivity contribution in [2.75, 3.05) is 0 Å². The molecule has 0 atom stereocenters. The van der Waals surface area contributed by atoms with Crippen molar-refractivity contribution in [1.29, 1.82) is 0 Å². The van der Waals surface area contributed by atoms with E-state index in [4.69, 9.17) is 18.5 Å². The Kier molecular flexibility index (Phi) is 4.43. The lowest BCUT2D eigenvalue weighted by Crippen LogP contribution is -2.44. The lowest BCUT2D eigenvalue weighted by molar-refractivity contribution is 0.306. The molecule has 0 aliphatic carbocycles. The number of hydrogen-bond acceptors (Lipinski definition) is 4. The molecule has 7 heteroatoms. The maximum absolute atomic E-state index is 5.76. The van der Waals surface area contributed by atoms with Crippen LogP contribution in [0.1, 0.15) is 5.56 Å². The van der Waals surface area contributed by atoms with E-state index in [1.165, 1.54) is 15.4 Å². The summed E-state index contributed by atoms with van der Waals surface area (Å²) in [6.45, 7) is 0.526. The van der Waals surface area contributed by atoms with E-state index < -0.39 is 7.12 Å². The molecule has 4 nitrogen and oxygen atoms in total. The Hall–Kier alpha value is -1.69. The number of rotatable bonds is 4. The van der Waals surface area contributed by atoms with Crippen LogP contribution in [0.15, 0.2) is 54.6 Å². The highest BCUT2D eigenvalue weighted by atomic mass is 16.7. The smallest absolute Gasteiger partial charge is 0.466 e. The zero-order chi connectivity index (χ0) is 13.6. The highest BCUT2D eigenvalue weighted by Gasteiger charge is 2.26. The summed E-state index contributed by atoms with van der Waals surface area (Å²) in [4.78, 5) is 0. The van der Waals surface area contributed by atoms with Gasteiger partial charge in [-0.3, -0.25) is 0 Å². The fourth-order valence-corrected chi connectivity index (χ4v) is 1.87. The molecule has 2 aromatic carbocycles. The summed E-state index contributed by atoms with van der Waals surface area (Å²) in [6.07, 6.45) is 0. The summed E-state index contributed by atoms with van der Waals surface area (Å²) in [5.41, 5.74) is 1.99. The molecule has 3 rings (SSSR count). The molecule has 2 aromatic rings. The molecule has 2 radical (unpaired) electrons. The Labute approximate surface area is 119 Å². The lowest BCUT2D eigenvalue weighted by atomic mass is 9.75. The van der Waals surface area contributed by atoms with Crippen molar-refractivity contribution < 1.29 is 18.5 Å². The quantitative estimate of drug-likeness (QED) is 0.774. The fourth-order valence-electron chi connectivity index (χ4n) is 1.87. The zero-order valence-corrected chi connectivity index (χ0v) is 10.8. The predicted molar refractivity (Wildman–Crippen MR) is 77.4 cm³/mol. The normalized spacial score (nSPS) is 14.3. The van der Waals surface area contributed by atoms with Gasteiger partial charge in [0.25, 0.3) is 0 Å².